The Morgan fingerprint density at radius 1 is 0.900 bits per heavy atom. The van der Waals surface area contributed by atoms with Crippen molar-refractivity contribution < 1.29 is 0 Å². The molecule has 1 aromatic carbocycles. The largest absolute Gasteiger partial charge is 2.00 e. The molecule has 1 nitrogen and oxygen atoms in total. The van der Waals surface area contributed by atoms with Crippen LogP contribution in [0, 0.1) is 14.9 Å². The van der Waals surface area contributed by atoms with Gasteiger partial charge in [-0.2, -0.15) is 0 Å². The van der Waals surface area contributed by atoms with E-state index in [4.69, 9.17) is 5.73 Å². The van der Waals surface area contributed by atoms with Crippen molar-refractivity contribution in [3.8, 4) is 0 Å². The molecule has 2 N–H and O–H groups in total. The maximum atomic E-state index is 5.36. The van der Waals surface area contributed by atoms with Gasteiger partial charge in [-0.25, -0.2) is 0 Å². The molecule has 0 saturated carbocycles. The number of rotatable bonds is 0. The van der Waals surface area contributed by atoms with Gasteiger partial charge in [0.15, 0.2) is 0 Å². The quantitative estimate of drug-likeness (QED) is 0.338. The van der Waals surface area contributed by atoms with Crippen LogP contribution in [0.5, 0.6) is 0 Å². The van der Waals surface area contributed by atoms with Crippen molar-refractivity contribution >= 4 is 28.7 Å². The number of nitrogen functional groups attached to an aromatic ring is 1. The zero-order valence-corrected chi connectivity index (χ0v) is 8.09. The first-order valence-corrected chi connectivity index (χ1v) is 2.20. The average molecular weight is 148 g/mol. The number of nitrogens with two attached hydrogens (primary N) is 1. The average Bonchev–Trinajstić information content (AvgIpc) is 1.69. The van der Waals surface area contributed by atoms with E-state index in [2.05, 4.69) is 0 Å². The Morgan fingerprint density at radius 2 is 1.30 bits per heavy atom. The predicted octanol–water partition coefficient (Wildman–Crippen LogP) is 1.79. The van der Waals surface area contributed by atoms with Crippen LogP contribution in [0.15, 0.2) is 30.3 Å². The molecule has 0 bridgehead atoms. The summed E-state index contributed by atoms with van der Waals surface area (Å²) in [6.07, 6.45) is 0. The molecule has 0 aliphatic carbocycles. The van der Waals surface area contributed by atoms with E-state index in [0.717, 1.165) is 5.69 Å². The van der Waals surface area contributed by atoms with Gasteiger partial charge < -0.3 is 20.6 Å². The molecule has 0 fully saturated rings. The first-order chi connectivity index (χ1) is 3.39. The Hall–Kier alpha value is -0.214. The fourth-order valence-corrected chi connectivity index (χ4v) is 0.453. The summed E-state index contributed by atoms with van der Waals surface area (Å²) < 4.78 is 0. The molecular formula is C8H13MgN. The second-order valence-corrected chi connectivity index (χ2v) is 1.41. The van der Waals surface area contributed by atoms with Crippen molar-refractivity contribution in [3.05, 3.63) is 45.2 Å². The Balaban J connectivity index is -0.000000163. The van der Waals surface area contributed by atoms with E-state index in [1.165, 1.54) is 0 Å². The van der Waals surface area contributed by atoms with E-state index < -0.39 is 0 Å². The Morgan fingerprint density at radius 3 is 1.50 bits per heavy atom. The molecule has 0 aliphatic rings. The van der Waals surface area contributed by atoms with Crippen molar-refractivity contribution in [1.29, 1.82) is 0 Å². The number of hydrogen-bond donors (Lipinski definition) is 1. The maximum absolute atomic E-state index is 5.36. The van der Waals surface area contributed by atoms with E-state index in [1.54, 1.807) is 0 Å². The molecule has 0 radical (unpaired) electrons. The van der Waals surface area contributed by atoms with E-state index in [-0.39, 0.29) is 37.9 Å². The molecule has 10 heavy (non-hydrogen) atoms. The minimum atomic E-state index is 0. The SMILES string of the molecule is Nc1ccccc1.[CH3-].[CH3-].[Mg+2]. The van der Waals surface area contributed by atoms with E-state index in [9.17, 15) is 0 Å². The van der Waals surface area contributed by atoms with Gasteiger partial charge in [0.05, 0.1) is 0 Å². The minimum Gasteiger partial charge on any atom is -0.399 e. The van der Waals surface area contributed by atoms with Crippen LogP contribution in [0.3, 0.4) is 0 Å². The summed E-state index contributed by atoms with van der Waals surface area (Å²) in [5.41, 5.74) is 6.18. The van der Waals surface area contributed by atoms with Gasteiger partial charge in [-0.1, -0.05) is 18.2 Å². The molecular weight excluding hydrogens is 134 g/mol. The van der Waals surface area contributed by atoms with Crippen molar-refractivity contribution in [1.82, 2.24) is 0 Å². The minimum absolute atomic E-state index is 0. The van der Waals surface area contributed by atoms with Crippen LogP contribution in [-0.4, -0.2) is 23.1 Å². The van der Waals surface area contributed by atoms with Crippen LogP contribution in [0.4, 0.5) is 5.69 Å². The first-order valence-electron chi connectivity index (χ1n) is 2.20. The van der Waals surface area contributed by atoms with Gasteiger partial charge in [0, 0.05) is 5.69 Å². The molecule has 1 rings (SSSR count). The summed E-state index contributed by atoms with van der Waals surface area (Å²) in [7, 11) is 0. The van der Waals surface area contributed by atoms with Crippen molar-refractivity contribution in [2.75, 3.05) is 5.73 Å². The normalized spacial score (nSPS) is 6.00. The van der Waals surface area contributed by atoms with Gasteiger partial charge in [0.2, 0.25) is 0 Å². The summed E-state index contributed by atoms with van der Waals surface area (Å²) in [5.74, 6) is 0. The molecule has 0 saturated heterocycles. The van der Waals surface area contributed by atoms with Gasteiger partial charge in [-0.05, 0) is 12.1 Å². The van der Waals surface area contributed by atoms with Crippen LogP contribution in [0.2, 0.25) is 0 Å². The number of para-hydroxylation sites is 1. The molecule has 0 aromatic heterocycles. The van der Waals surface area contributed by atoms with Crippen molar-refractivity contribution in [3.63, 3.8) is 0 Å². The summed E-state index contributed by atoms with van der Waals surface area (Å²) in [5, 5.41) is 0. The molecule has 0 heterocycles. The van der Waals surface area contributed by atoms with Gasteiger partial charge in [-0.3, -0.25) is 0 Å². The smallest absolute Gasteiger partial charge is 0.399 e. The molecule has 0 amide bonds. The summed E-state index contributed by atoms with van der Waals surface area (Å²) in [6, 6.07) is 9.49. The Labute approximate surface area is 79.8 Å². The number of hydrogen-bond acceptors (Lipinski definition) is 1. The fourth-order valence-electron chi connectivity index (χ4n) is 0.453. The van der Waals surface area contributed by atoms with Crippen LogP contribution in [0.1, 0.15) is 0 Å². The Bertz CT molecular complexity index is 139. The van der Waals surface area contributed by atoms with Crippen LogP contribution in [-0.2, 0) is 0 Å². The van der Waals surface area contributed by atoms with E-state index in [0.29, 0.717) is 0 Å². The topological polar surface area (TPSA) is 26.0 Å². The molecule has 0 spiro atoms. The summed E-state index contributed by atoms with van der Waals surface area (Å²) in [4.78, 5) is 0. The third-order valence-corrected chi connectivity index (χ3v) is 0.800. The number of anilines is 1. The van der Waals surface area contributed by atoms with Gasteiger partial charge in [0.1, 0.15) is 0 Å². The van der Waals surface area contributed by atoms with Crippen molar-refractivity contribution in [2.24, 2.45) is 0 Å². The van der Waals surface area contributed by atoms with Gasteiger partial charge >= 0.3 is 23.1 Å². The number of benzene rings is 1. The zero-order chi connectivity index (χ0) is 5.11. The predicted molar refractivity (Wildman–Crippen MR) is 49.4 cm³/mol. The standard InChI is InChI=1S/C6H7N.2CH3.Mg/c7-6-4-2-1-3-5-6;;;/h1-5H,7H2;2*1H3;/q;2*-1;+2. The summed E-state index contributed by atoms with van der Waals surface area (Å²) >= 11 is 0. The van der Waals surface area contributed by atoms with Crippen LogP contribution < -0.4 is 5.73 Å². The van der Waals surface area contributed by atoms with Crippen LogP contribution in [0.25, 0.3) is 0 Å². The molecule has 2 heteroatoms. The van der Waals surface area contributed by atoms with E-state index in [1.807, 2.05) is 30.3 Å². The Kier molecular flexibility index (Phi) is 14.4. The monoisotopic (exact) mass is 147 g/mol. The molecule has 0 unspecified atom stereocenters. The summed E-state index contributed by atoms with van der Waals surface area (Å²) in [6.45, 7) is 0. The molecule has 0 aliphatic heterocycles. The van der Waals surface area contributed by atoms with Crippen LogP contribution >= 0.6 is 0 Å². The third-order valence-electron chi connectivity index (χ3n) is 0.800. The van der Waals surface area contributed by atoms with Gasteiger partial charge in [0.25, 0.3) is 0 Å². The second-order valence-electron chi connectivity index (χ2n) is 1.41. The second kappa shape index (κ2) is 8.79. The van der Waals surface area contributed by atoms with Gasteiger partial charge in [-0.15, -0.1) is 0 Å². The first kappa shape index (κ1) is 16.4. The zero-order valence-electron chi connectivity index (χ0n) is 6.67. The fraction of sp³-hybridized carbons (Fsp3) is 0. The molecule has 1 aromatic rings. The van der Waals surface area contributed by atoms with Crippen molar-refractivity contribution in [2.45, 2.75) is 0 Å². The van der Waals surface area contributed by atoms with E-state index >= 15 is 0 Å². The molecule has 52 valence electrons. The maximum Gasteiger partial charge on any atom is 2.00 e. The third kappa shape index (κ3) is 5.91. The molecule has 0 atom stereocenters.